The van der Waals surface area contributed by atoms with Crippen LogP contribution in [0.1, 0.15) is 35.9 Å². The third-order valence-electron chi connectivity index (χ3n) is 4.73. The van der Waals surface area contributed by atoms with Crippen molar-refractivity contribution < 1.29 is 4.84 Å². The van der Waals surface area contributed by atoms with E-state index < -0.39 is 0 Å². The van der Waals surface area contributed by atoms with Crippen molar-refractivity contribution in [3.05, 3.63) is 52.8 Å². The van der Waals surface area contributed by atoms with Gasteiger partial charge in [0, 0.05) is 43.7 Å². The average Bonchev–Trinajstić information content (AvgIpc) is 3.22. The minimum Gasteiger partial charge on any atom is -0.390 e. The number of H-pyrrole nitrogens is 1. The highest BCUT2D eigenvalue weighted by molar-refractivity contribution is 6.01. The summed E-state index contributed by atoms with van der Waals surface area (Å²) in [6.07, 6.45) is 3.07. The maximum absolute atomic E-state index is 5.67. The first kappa shape index (κ1) is 14.5. The number of fused-ring (bicyclic) bond motifs is 1. The van der Waals surface area contributed by atoms with Crippen molar-refractivity contribution in [3.8, 4) is 0 Å². The highest BCUT2D eigenvalue weighted by Gasteiger charge is 2.27. The molecule has 120 valence electrons. The maximum Gasteiger partial charge on any atom is 0.145 e. The highest BCUT2D eigenvalue weighted by Crippen LogP contribution is 2.23. The van der Waals surface area contributed by atoms with Crippen molar-refractivity contribution in [1.82, 2.24) is 15.1 Å². The number of aromatic nitrogens is 2. The van der Waals surface area contributed by atoms with Crippen LogP contribution in [0, 0.1) is 0 Å². The molecule has 1 unspecified atom stereocenters. The van der Waals surface area contributed by atoms with Gasteiger partial charge in [0.1, 0.15) is 6.10 Å². The second-order valence-electron chi connectivity index (χ2n) is 6.30. The third kappa shape index (κ3) is 2.88. The van der Waals surface area contributed by atoms with Crippen LogP contribution in [0.2, 0.25) is 0 Å². The Morgan fingerprint density at radius 2 is 2.17 bits per heavy atom. The van der Waals surface area contributed by atoms with Gasteiger partial charge in [-0.25, -0.2) is 0 Å². The predicted octanol–water partition coefficient (Wildman–Crippen LogP) is 2.52. The van der Waals surface area contributed by atoms with E-state index in [9.17, 15) is 0 Å². The lowest BCUT2D eigenvalue weighted by molar-refractivity contribution is 0.0486. The van der Waals surface area contributed by atoms with E-state index in [1.54, 1.807) is 0 Å². The Bertz CT molecular complexity index is 694. The number of nitrogens with zero attached hydrogens (tertiary/aromatic N) is 3. The summed E-state index contributed by atoms with van der Waals surface area (Å²) in [6.45, 7) is 5.11. The van der Waals surface area contributed by atoms with Gasteiger partial charge < -0.3 is 4.84 Å². The first-order chi connectivity index (χ1) is 11.3. The maximum atomic E-state index is 5.67. The number of aryl methyl sites for hydroxylation is 1. The summed E-state index contributed by atoms with van der Waals surface area (Å²) >= 11 is 0. The third-order valence-corrected chi connectivity index (χ3v) is 4.73. The van der Waals surface area contributed by atoms with Gasteiger partial charge in [-0.15, -0.1) is 0 Å². The Morgan fingerprint density at radius 3 is 3.00 bits per heavy atom. The molecule has 0 radical (unpaired) electrons. The van der Waals surface area contributed by atoms with Crippen LogP contribution in [0.3, 0.4) is 0 Å². The summed E-state index contributed by atoms with van der Waals surface area (Å²) < 4.78 is 0. The Balaban J connectivity index is 1.38. The van der Waals surface area contributed by atoms with Gasteiger partial charge in [0.2, 0.25) is 0 Å². The molecule has 2 aromatic rings. The molecule has 1 atom stereocenters. The second-order valence-corrected chi connectivity index (χ2v) is 6.30. The number of rotatable bonds is 4. The lowest BCUT2D eigenvalue weighted by atomic mass is 10.0. The van der Waals surface area contributed by atoms with Crippen molar-refractivity contribution in [2.24, 2.45) is 5.16 Å². The molecular formula is C18H22N4O. The standard InChI is InChI=1S/C18H22N4O/c1-2-16-15-12-22(9-8-17(15)20-19-16)11-14-10-18(21-23-14)13-6-4-3-5-7-13/h3-7,14H,2,8-12H2,1H3,(H,19,20). The summed E-state index contributed by atoms with van der Waals surface area (Å²) in [4.78, 5) is 8.14. The lowest BCUT2D eigenvalue weighted by Gasteiger charge is -2.28. The van der Waals surface area contributed by atoms with Crippen molar-refractivity contribution >= 4 is 5.71 Å². The van der Waals surface area contributed by atoms with E-state index in [2.05, 4.69) is 39.3 Å². The molecule has 3 heterocycles. The van der Waals surface area contributed by atoms with Crippen molar-refractivity contribution in [2.45, 2.75) is 38.8 Å². The van der Waals surface area contributed by atoms with Crippen molar-refractivity contribution in [1.29, 1.82) is 0 Å². The van der Waals surface area contributed by atoms with Crippen LogP contribution in [0.4, 0.5) is 0 Å². The first-order valence-electron chi connectivity index (χ1n) is 8.39. The molecule has 1 N–H and O–H groups in total. The fourth-order valence-corrected chi connectivity index (χ4v) is 3.47. The van der Waals surface area contributed by atoms with Gasteiger partial charge in [0.25, 0.3) is 0 Å². The molecule has 23 heavy (non-hydrogen) atoms. The van der Waals surface area contributed by atoms with Gasteiger partial charge in [0.05, 0.1) is 11.4 Å². The minimum atomic E-state index is 0.156. The van der Waals surface area contributed by atoms with Crippen LogP contribution in [-0.4, -0.2) is 40.0 Å². The Kier molecular flexibility index (Phi) is 3.87. The molecule has 0 bridgehead atoms. The van der Waals surface area contributed by atoms with Gasteiger partial charge in [-0.3, -0.25) is 10.00 Å². The molecule has 5 heteroatoms. The molecule has 0 amide bonds. The van der Waals surface area contributed by atoms with Crippen LogP contribution in [0.25, 0.3) is 0 Å². The van der Waals surface area contributed by atoms with Crippen molar-refractivity contribution in [3.63, 3.8) is 0 Å². The zero-order valence-electron chi connectivity index (χ0n) is 13.5. The van der Waals surface area contributed by atoms with E-state index >= 15 is 0 Å². The number of hydrogen-bond acceptors (Lipinski definition) is 4. The summed E-state index contributed by atoms with van der Waals surface area (Å²) in [5.41, 5.74) is 6.13. The molecular weight excluding hydrogens is 288 g/mol. The number of aromatic amines is 1. The van der Waals surface area contributed by atoms with Crippen LogP contribution >= 0.6 is 0 Å². The topological polar surface area (TPSA) is 53.5 Å². The molecule has 2 aliphatic heterocycles. The van der Waals surface area contributed by atoms with E-state index in [1.807, 2.05) is 18.2 Å². The molecule has 1 aromatic carbocycles. The van der Waals surface area contributed by atoms with Crippen LogP contribution in [0.15, 0.2) is 35.5 Å². The SMILES string of the molecule is CCc1n[nH]c2c1CN(CC1CC(c3ccccc3)=NO1)CC2. The van der Waals surface area contributed by atoms with Crippen LogP contribution in [-0.2, 0) is 24.2 Å². The second kappa shape index (κ2) is 6.16. The molecule has 0 saturated heterocycles. The van der Waals surface area contributed by atoms with E-state index in [4.69, 9.17) is 4.84 Å². The number of hydrogen-bond donors (Lipinski definition) is 1. The largest absolute Gasteiger partial charge is 0.390 e. The summed E-state index contributed by atoms with van der Waals surface area (Å²) in [7, 11) is 0. The molecule has 2 aliphatic rings. The van der Waals surface area contributed by atoms with Crippen molar-refractivity contribution in [2.75, 3.05) is 13.1 Å². The first-order valence-corrected chi connectivity index (χ1v) is 8.39. The molecule has 0 spiro atoms. The zero-order chi connectivity index (χ0) is 15.6. The van der Waals surface area contributed by atoms with Gasteiger partial charge in [-0.1, -0.05) is 42.4 Å². The minimum absolute atomic E-state index is 0.156. The summed E-state index contributed by atoms with van der Waals surface area (Å²) in [5, 5.41) is 11.9. The number of nitrogens with one attached hydrogen (secondary N) is 1. The Morgan fingerprint density at radius 1 is 1.30 bits per heavy atom. The normalized spacial score (nSPS) is 20.9. The van der Waals surface area contributed by atoms with E-state index in [-0.39, 0.29) is 6.10 Å². The number of oxime groups is 1. The zero-order valence-corrected chi connectivity index (χ0v) is 13.5. The molecule has 5 nitrogen and oxygen atoms in total. The lowest BCUT2D eigenvalue weighted by Crippen LogP contribution is -2.36. The Labute approximate surface area is 136 Å². The van der Waals surface area contributed by atoms with Gasteiger partial charge in [-0.2, -0.15) is 5.10 Å². The van der Waals surface area contributed by atoms with Crippen LogP contribution in [0.5, 0.6) is 0 Å². The Hall–Kier alpha value is -2.14. The predicted molar refractivity (Wildman–Crippen MR) is 89.4 cm³/mol. The van der Waals surface area contributed by atoms with Gasteiger partial charge in [0.15, 0.2) is 0 Å². The van der Waals surface area contributed by atoms with Gasteiger partial charge in [-0.05, 0) is 12.0 Å². The molecule has 0 aliphatic carbocycles. The smallest absolute Gasteiger partial charge is 0.145 e. The summed E-state index contributed by atoms with van der Waals surface area (Å²) in [5.74, 6) is 0. The highest BCUT2D eigenvalue weighted by atomic mass is 16.6. The van der Waals surface area contributed by atoms with E-state index in [0.29, 0.717) is 0 Å². The van der Waals surface area contributed by atoms with Gasteiger partial charge >= 0.3 is 0 Å². The van der Waals surface area contributed by atoms with E-state index in [0.717, 1.165) is 44.6 Å². The average molecular weight is 310 g/mol. The van der Waals surface area contributed by atoms with E-state index in [1.165, 1.54) is 22.5 Å². The summed E-state index contributed by atoms with van der Waals surface area (Å²) in [6, 6.07) is 10.3. The number of benzene rings is 1. The fraction of sp³-hybridized carbons (Fsp3) is 0.444. The quantitative estimate of drug-likeness (QED) is 0.944. The monoisotopic (exact) mass is 310 g/mol. The molecule has 4 rings (SSSR count). The fourth-order valence-electron chi connectivity index (χ4n) is 3.47. The van der Waals surface area contributed by atoms with Crippen LogP contribution < -0.4 is 0 Å². The molecule has 0 fully saturated rings. The molecule has 0 saturated carbocycles. The molecule has 1 aromatic heterocycles.